The van der Waals surface area contributed by atoms with Crippen molar-refractivity contribution in [3.8, 4) is 11.5 Å². The molecule has 6 heteroatoms. The third-order valence-electron chi connectivity index (χ3n) is 4.63. The van der Waals surface area contributed by atoms with E-state index in [0.29, 0.717) is 17.4 Å². The maximum absolute atomic E-state index is 12.3. The molecule has 2 rings (SSSR count). The summed E-state index contributed by atoms with van der Waals surface area (Å²) in [7, 11) is 0. The number of hydrazine groups is 1. The first-order chi connectivity index (χ1) is 13.8. The van der Waals surface area contributed by atoms with Gasteiger partial charge in [-0.3, -0.25) is 20.4 Å². The minimum atomic E-state index is -0.763. The molecule has 0 spiro atoms. The summed E-state index contributed by atoms with van der Waals surface area (Å²) < 4.78 is 11.3. The number of benzene rings is 2. The van der Waals surface area contributed by atoms with Crippen LogP contribution in [-0.4, -0.2) is 24.5 Å². The number of carbonyl (C=O) groups is 2. The van der Waals surface area contributed by atoms with Crippen LogP contribution in [0.4, 0.5) is 0 Å². The van der Waals surface area contributed by atoms with E-state index in [0.717, 1.165) is 23.1 Å². The molecule has 0 bridgehead atoms. The Bertz CT molecular complexity index is 830. The number of amides is 2. The van der Waals surface area contributed by atoms with Crippen molar-refractivity contribution in [1.29, 1.82) is 0 Å². The number of carbonyl (C=O) groups excluding carboxylic acids is 2. The molecule has 2 N–H and O–H groups in total. The van der Waals surface area contributed by atoms with Gasteiger partial charge in [-0.05, 0) is 68.0 Å². The molecule has 29 heavy (non-hydrogen) atoms. The minimum absolute atomic E-state index is 0.199. The molecule has 0 aliphatic carbocycles. The van der Waals surface area contributed by atoms with Crippen molar-refractivity contribution in [3.05, 3.63) is 59.2 Å². The van der Waals surface area contributed by atoms with Crippen LogP contribution < -0.4 is 20.3 Å². The Balaban J connectivity index is 1.83. The largest absolute Gasteiger partial charge is 0.484 e. The van der Waals surface area contributed by atoms with E-state index >= 15 is 0 Å². The average Bonchev–Trinajstić information content (AvgIpc) is 2.69. The first kappa shape index (κ1) is 22.3. The van der Waals surface area contributed by atoms with E-state index in [1.165, 1.54) is 0 Å². The molecule has 2 unspecified atom stereocenters. The van der Waals surface area contributed by atoms with Crippen LogP contribution >= 0.6 is 0 Å². The number of rotatable bonds is 8. The van der Waals surface area contributed by atoms with Crippen LogP contribution in [0.2, 0.25) is 0 Å². The highest BCUT2D eigenvalue weighted by atomic mass is 16.5. The van der Waals surface area contributed by atoms with E-state index in [1.54, 1.807) is 6.92 Å². The van der Waals surface area contributed by atoms with Crippen LogP contribution in [0.25, 0.3) is 0 Å². The Hall–Kier alpha value is -3.02. The molecule has 0 saturated carbocycles. The van der Waals surface area contributed by atoms with Crippen molar-refractivity contribution in [2.45, 2.75) is 53.1 Å². The molecule has 0 aromatic heterocycles. The summed E-state index contributed by atoms with van der Waals surface area (Å²) in [6, 6.07) is 13.4. The lowest BCUT2D eigenvalue weighted by atomic mass is 9.98. The zero-order chi connectivity index (χ0) is 21.4. The second kappa shape index (κ2) is 10.5. The Morgan fingerprint density at radius 1 is 1.00 bits per heavy atom. The lowest BCUT2D eigenvalue weighted by Gasteiger charge is -2.19. The number of hydrogen-bond acceptors (Lipinski definition) is 4. The molecule has 2 aromatic carbocycles. The average molecular weight is 399 g/mol. The number of nitrogens with one attached hydrogen (secondary N) is 2. The molecule has 0 radical (unpaired) electrons. The van der Waals surface area contributed by atoms with Gasteiger partial charge >= 0.3 is 0 Å². The maximum atomic E-state index is 12.3. The quantitative estimate of drug-likeness (QED) is 0.663. The van der Waals surface area contributed by atoms with Crippen molar-refractivity contribution < 1.29 is 19.1 Å². The highest BCUT2D eigenvalue weighted by molar-refractivity contribution is 5.85. The molecule has 2 amide bonds. The van der Waals surface area contributed by atoms with Crippen LogP contribution in [0, 0.1) is 13.8 Å². The van der Waals surface area contributed by atoms with Crippen molar-refractivity contribution in [2.75, 3.05) is 6.61 Å². The molecule has 2 atom stereocenters. The zero-order valence-electron chi connectivity index (χ0n) is 17.7. The topological polar surface area (TPSA) is 76.7 Å². The van der Waals surface area contributed by atoms with Gasteiger partial charge in [0.1, 0.15) is 11.5 Å². The van der Waals surface area contributed by atoms with Gasteiger partial charge < -0.3 is 9.47 Å². The molecule has 0 aliphatic heterocycles. The molecule has 6 nitrogen and oxygen atoms in total. The standard InChI is InChI=1S/C23H30N2O4/c1-6-17(4)20-9-7-8-10-21(20)29-18(5)23(27)25-24-22(26)14-28-19-12-15(2)11-16(3)13-19/h7-13,17-18H,6,14H2,1-5H3,(H,24,26)(H,25,27). The smallest absolute Gasteiger partial charge is 0.279 e. The van der Waals surface area contributed by atoms with Crippen LogP contribution in [0.1, 0.15) is 49.8 Å². The zero-order valence-corrected chi connectivity index (χ0v) is 17.7. The second-order valence-corrected chi connectivity index (χ2v) is 7.26. The van der Waals surface area contributed by atoms with Gasteiger partial charge in [-0.2, -0.15) is 0 Å². The monoisotopic (exact) mass is 398 g/mol. The predicted molar refractivity (Wildman–Crippen MR) is 113 cm³/mol. The highest BCUT2D eigenvalue weighted by Crippen LogP contribution is 2.29. The minimum Gasteiger partial charge on any atom is -0.484 e. The molecular formula is C23H30N2O4. The van der Waals surface area contributed by atoms with Gasteiger partial charge in [-0.1, -0.05) is 38.1 Å². The van der Waals surface area contributed by atoms with Gasteiger partial charge in [-0.15, -0.1) is 0 Å². The van der Waals surface area contributed by atoms with Crippen molar-refractivity contribution in [2.24, 2.45) is 0 Å². The summed E-state index contributed by atoms with van der Waals surface area (Å²) in [5.41, 5.74) is 7.90. The SMILES string of the molecule is CCC(C)c1ccccc1OC(C)C(=O)NNC(=O)COc1cc(C)cc(C)c1. The van der Waals surface area contributed by atoms with Crippen LogP contribution in [0.15, 0.2) is 42.5 Å². The van der Waals surface area contributed by atoms with Gasteiger partial charge in [0.25, 0.3) is 11.8 Å². The molecule has 0 fully saturated rings. The van der Waals surface area contributed by atoms with Gasteiger partial charge in [0, 0.05) is 0 Å². The fourth-order valence-electron chi connectivity index (χ4n) is 2.89. The normalized spacial score (nSPS) is 12.6. The first-order valence-corrected chi connectivity index (χ1v) is 9.85. The van der Waals surface area contributed by atoms with E-state index in [2.05, 4.69) is 24.7 Å². The third kappa shape index (κ3) is 6.82. The molecule has 156 valence electrons. The van der Waals surface area contributed by atoms with E-state index in [-0.39, 0.29) is 6.61 Å². The van der Waals surface area contributed by atoms with E-state index in [9.17, 15) is 9.59 Å². The van der Waals surface area contributed by atoms with E-state index in [4.69, 9.17) is 9.47 Å². The lowest BCUT2D eigenvalue weighted by Crippen LogP contribution is -2.48. The lowest BCUT2D eigenvalue weighted by molar-refractivity contribution is -0.133. The number of ether oxygens (including phenoxy) is 2. The summed E-state index contributed by atoms with van der Waals surface area (Å²) in [5.74, 6) is 0.716. The summed E-state index contributed by atoms with van der Waals surface area (Å²) in [5, 5.41) is 0. The molecular weight excluding hydrogens is 368 g/mol. The summed E-state index contributed by atoms with van der Waals surface area (Å²) in [6.07, 6.45) is 0.207. The maximum Gasteiger partial charge on any atom is 0.279 e. The Kier molecular flexibility index (Phi) is 8.07. The Morgan fingerprint density at radius 2 is 1.66 bits per heavy atom. The molecule has 0 heterocycles. The van der Waals surface area contributed by atoms with Gasteiger partial charge in [0.2, 0.25) is 0 Å². The molecule has 0 saturated heterocycles. The summed E-state index contributed by atoms with van der Waals surface area (Å²) >= 11 is 0. The fourth-order valence-corrected chi connectivity index (χ4v) is 2.89. The Labute approximate surface area is 172 Å². The van der Waals surface area contributed by atoms with Crippen LogP contribution in [-0.2, 0) is 9.59 Å². The van der Waals surface area contributed by atoms with Crippen LogP contribution in [0.5, 0.6) is 11.5 Å². The van der Waals surface area contributed by atoms with Gasteiger partial charge in [-0.25, -0.2) is 0 Å². The predicted octanol–water partition coefficient (Wildman–Crippen LogP) is 3.81. The number of aryl methyl sites for hydroxylation is 2. The third-order valence-corrected chi connectivity index (χ3v) is 4.63. The van der Waals surface area contributed by atoms with Crippen LogP contribution in [0.3, 0.4) is 0 Å². The highest BCUT2D eigenvalue weighted by Gasteiger charge is 2.18. The van der Waals surface area contributed by atoms with Gasteiger partial charge in [0.15, 0.2) is 12.7 Å². The summed E-state index contributed by atoms with van der Waals surface area (Å²) in [4.78, 5) is 24.2. The second-order valence-electron chi connectivity index (χ2n) is 7.26. The Morgan fingerprint density at radius 3 is 2.31 bits per heavy atom. The van der Waals surface area contributed by atoms with Crippen molar-refractivity contribution >= 4 is 11.8 Å². The van der Waals surface area contributed by atoms with Crippen molar-refractivity contribution in [3.63, 3.8) is 0 Å². The fraction of sp³-hybridized carbons (Fsp3) is 0.391. The molecule has 0 aliphatic rings. The molecule has 2 aromatic rings. The van der Waals surface area contributed by atoms with Crippen molar-refractivity contribution in [1.82, 2.24) is 10.9 Å². The summed E-state index contributed by atoms with van der Waals surface area (Å²) in [6.45, 7) is 9.58. The van der Waals surface area contributed by atoms with E-state index < -0.39 is 17.9 Å². The first-order valence-electron chi connectivity index (χ1n) is 9.85. The van der Waals surface area contributed by atoms with Gasteiger partial charge in [0.05, 0.1) is 0 Å². The number of hydrogen-bond donors (Lipinski definition) is 2. The number of para-hydroxylation sites is 1. The van der Waals surface area contributed by atoms with E-state index in [1.807, 2.05) is 56.3 Å².